The number of nitrogens with two attached hydrogens (primary N) is 1. The number of amidine groups is 1. The second-order valence-corrected chi connectivity index (χ2v) is 5.61. The lowest BCUT2D eigenvalue weighted by Crippen LogP contribution is -2.11. The van der Waals surface area contributed by atoms with E-state index in [1.165, 1.54) is 36.7 Å². The SMILES string of the molecule is NC(=NC1CCCC1)SCc1ccc([N+](=O)[O-])cc1. The number of non-ortho nitro benzene ring substituents is 1. The maximum Gasteiger partial charge on any atom is 0.269 e. The highest BCUT2D eigenvalue weighted by atomic mass is 32.2. The molecule has 19 heavy (non-hydrogen) atoms. The Hall–Kier alpha value is -1.56. The molecule has 2 rings (SSSR count). The lowest BCUT2D eigenvalue weighted by Gasteiger charge is -2.05. The number of hydrogen-bond acceptors (Lipinski definition) is 4. The smallest absolute Gasteiger partial charge is 0.269 e. The summed E-state index contributed by atoms with van der Waals surface area (Å²) in [5.41, 5.74) is 7.01. The first-order valence-electron chi connectivity index (χ1n) is 6.34. The minimum absolute atomic E-state index is 0.112. The second kappa shape index (κ2) is 6.56. The van der Waals surface area contributed by atoms with Crippen LogP contribution in [0.15, 0.2) is 29.3 Å². The number of aliphatic imine (C=N–C) groups is 1. The zero-order valence-electron chi connectivity index (χ0n) is 10.6. The number of nitro groups is 1. The van der Waals surface area contributed by atoms with Crippen molar-refractivity contribution in [3.05, 3.63) is 39.9 Å². The first kappa shape index (κ1) is 13.9. The fourth-order valence-electron chi connectivity index (χ4n) is 2.12. The number of thioether (sulfide) groups is 1. The number of nitrogens with zero attached hydrogens (tertiary/aromatic N) is 2. The highest BCUT2D eigenvalue weighted by Crippen LogP contribution is 2.22. The maximum atomic E-state index is 10.5. The van der Waals surface area contributed by atoms with Crippen LogP contribution in [0.25, 0.3) is 0 Å². The third-order valence-corrected chi connectivity index (χ3v) is 4.05. The summed E-state index contributed by atoms with van der Waals surface area (Å²) >= 11 is 1.49. The third kappa shape index (κ3) is 4.24. The molecule has 1 fully saturated rings. The molecular formula is C13H17N3O2S. The third-order valence-electron chi connectivity index (χ3n) is 3.17. The normalized spacial score (nSPS) is 16.7. The van der Waals surface area contributed by atoms with Gasteiger partial charge in [0.05, 0.1) is 11.0 Å². The standard InChI is InChI=1S/C13H17N3O2S/c14-13(15-11-3-1-2-4-11)19-9-10-5-7-12(8-6-10)16(17)18/h5-8,11H,1-4,9H2,(H2,14,15). The molecule has 0 aromatic heterocycles. The number of rotatable bonds is 4. The summed E-state index contributed by atoms with van der Waals surface area (Å²) in [6, 6.07) is 6.94. The van der Waals surface area contributed by atoms with E-state index in [1.54, 1.807) is 12.1 Å². The van der Waals surface area contributed by atoms with Crippen molar-refractivity contribution in [3.8, 4) is 0 Å². The predicted molar refractivity (Wildman–Crippen MR) is 78.3 cm³/mol. The molecule has 0 radical (unpaired) electrons. The van der Waals surface area contributed by atoms with Gasteiger partial charge in [0.1, 0.15) is 0 Å². The molecule has 0 saturated heterocycles. The van der Waals surface area contributed by atoms with Crippen LogP contribution in [0.1, 0.15) is 31.2 Å². The van der Waals surface area contributed by atoms with Gasteiger partial charge in [0, 0.05) is 17.9 Å². The van der Waals surface area contributed by atoms with Gasteiger partial charge in [0.15, 0.2) is 5.17 Å². The quantitative estimate of drug-likeness (QED) is 0.397. The Morgan fingerprint density at radius 1 is 1.37 bits per heavy atom. The number of nitro benzene ring substituents is 1. The van der Waals surface area contributed by atoms with Gasteiger partial charge in [0.2, 0.25) is 0 Å². The van der Waals surface area contributed by atoms with Crippen LogP contribution in [-0.2, 0) is 5.75 Å². The molecule has 0 atom stereocenters. The Morgan fingerprint density at radius 3 is 2.58 bits per heavy atom. The minimum atomic E-state index is -0.396. The van der Waals surface area contributed by atoms with Gasteiger partial charge in [-0.2, -0.15) is 0 Å². The molecule has 0 amide bonds. The molecule has 0 aliphatic heterocycles. The Bertz CT molecular complexity index is 467. The van der Waals surface area contributed by atoms with E-state index in [9.17, 15) is 10.1 Å². The largest absolute Gasteiger partial charge is 0.379 e. The molecule has 5 nitrogen and oxygen atoms in total. The second-order valence-electron chi connectivity index (χ2n) is 4.62. The van der Waals surface area contributed by atoms with Crippen LogP contribution < -0.4 is 5.73 Å². The summed E-state index contributed by atoms with van der Waals surface area (Å²) in [7, 11) is 0. The average molecular weight is 279 g/mol. The van der Waals surface area contributed by atoms with Crippen LogP contribution in [0.4, 0.5) is 5.69 Å². The summed E-state index contributed by atoms with van der Waals surface area (Å²) in [5.74, 6) is 0.694. The van der Waals surface area contributed by atoms with Crippen molar-refractivity contribution >= 4 is 22.6 Å². The molecular weight excluding hydrogens is 262 g/mol. The van der Waals surface area contributed by atoms with E-state index in [4.69, 9.17) is 5.73 Å². The van der Waals surface area contributed by atoms with E-state index < -0.39 is 4.92 Å². The van der Waals surface area contributed by atoms with Crippen LogP contribution in [0.3, 0.4) is 0 Å². The van der Waals surface area contributed by atoms with Gasteiger partial charge < -0.3 is 5.73 Å². The number of benzene rings is 1. The molecule has 0 heterocycles. The van der Waals surface area contributed by atoms with Crippen LogP contribution in [-0.4, -0.2) is 16.1 Å². The highest BCUT2D eigenvalue weighted by Gasteiger charge is 2.14. The van der Waals surface area contributed by atoms with Crippen LogP contribution in [0, 0.1) is 10.1 Å². The Morgan fingerprint density at radius 2 is 2.00 bits per heavy atom. The van der Waals surface area contributed by atoms with Gasteiger partial charge in [-0.3, -0.25) is 15.1 Å². The van der Waals surface area contributed by atoms with Crippen molar-refractivity contribution < 1.29 is 4.92 Å². The van der Waals surface area contributed by atoms with E-state index in [0.29, 0.717) is 17.0 Å². The van der Waals surface area contributed by atoms with Crippen molar-refractivity contribution in [1.82, 2.24) is 0 Å². The zero-order valence-corrected chi connectivity index (χ0v) is 11.4. The lowest BCUT2D eigenvalue weighted by atomic mass is 10.2. The summed E-state index contributed by atoms with van der Waals surface area (Å²) in [4.78, 5) is 14.6. The molecule has 102 valence electrons. The van der Waals surface area contributed by atoms with Crippen molar-refractivity contribution in [2.45, 2.75) is 37.5 Å². The van der Waals surface area contributed by atoms with Crippen molar-refractivity contribution in [2.75, 3.05) is 0 Å². The van der Waals surface area contributed by atoms with E-state index in [2.05, 4.69) is 4.99 Å². The molecule has 1 saturated carbocycles. The van der Waals surface area contributed by atoms with Crippen LogP contribution >= 0.6 is 11.8 Å². The van der Waals surface area contributed by atoms with E-state index in [1.807, 2.05) is 0 Å². The Balaban J connectivity index is 1.85. The molecule has 1 aromatic rings. The summed E-state index contributed by atoms with van der Waals surface area (Å²) < 4.78 is 0. The first-order valence-corrected chi connectivity index (χ1v) is 7.33. The van der Waals surface area contributed by atoms with E-state index in [-0.39, 0.29) is 5.69 Å². The van der Waals surface area contributed by atoms with Crippen molar-refractivity contribution in [1.29, 1.82) is 0 Å². The molecule has 0 spiro atoms. The summed E-state index contributed by atoms with van der Waals surface area (Å²) in [5, 5.41) is 11.1. The predicted octanol–water partition coefficient (Wildman–Crippen LogP) is 3.09. The monoisotopic (exact) mass is 279 g/mol. The summed E-state index contributed by atoms with van der Waals surface area (Å²) in [6.07, 6.45) is 4.76. The molecule has 2 N–H and O–H groups in total. The van der Waals surface area contributed by atoms with E-state index >= 15 is 0 Å². The van der Waals surface area contributed by atoms with Gasteiger partial charge >= 0.3 is 0 Å². The molecule has 6 heteroatoms. The Kier molecular flexibility index (Phi) is 4.79. The molecule has 0 unspecified atom stereocenters. The van der Waals surface area contributed by atoms with Crippen molar-refractivity contribution in [2.24, 2.45) is 10.7 Å². The fourth-order valence-corrected chi connectivity index (χ4v) is 2.85. The van der Waals surface area contributed by atoms with Gasteiger partial charge in [0.25, 0.3) is 5.69 Å². The number of hydrogen-bond donors (Lipinski definition) is 1. The van der Waals surface area contributed by atoms with Crippen LogP contribution in [0.2, 0.25) is 0 Å². The van der Waals surface area contributed by atoms with Crippen LogP contribution in [0.5, 0.6) is 0 Å². The van der Waals surface area contributed by atoms with Crippen molar-refractivity contribution in [3.63, 3.8) is 0 Å². The first-order chi connectivity index (χ1) is 9.15. The fraction of sp³-hybridized carbons (Fsp3) is 0.462. The minimum Gasteiger partial charge on any atom is -0.379 e. The molecule has 0 bridgehead atoms. The molecule has 1 aliphatic carbocycles. The topological polar surface area (TPSA) is 81.5 Å². The zero-order chi connectivity index (χ0) is 13.7. The van der Waals surface area contributed by atoms with Gasteiger partial charge in [-0.25, -0.2) is 0 Å². The lowest BCUT2D eigenvalue weighted by molar-refractivity contribution is -0.384. The maximum absolute atomic E-state index is 10.5. The molecule has 1 aromatic carbocycles. The summed E-state index contributed by atoms with van der Waals surface area (Å²) in [6.45, 7) is 0. The molecule has 1 aliphatic rings. The Labute approximate surface area is 116 Å². The van der Waals surface area contributed by atoms with E-state index in [0.717, 1.165) is 18.4 Å². The average Bonchev–Trinajstić information content (AvgIpc) is 2.89. The highest BCUT2D eigenvalue weighted by molar-refractivity contribution is 8.13. The van der Waals surface area contributed by atoms with Gasteiger partial charge in [-0.15, -0.1) is 0 Å². The van der Waals surface area contributed by atoms with Gasteiger partial charge in [-0.1, -0.05) is 36.7 Å². The van der Waals surface area contributed by atoms with Gasteiger partial charge in [-0.05, 0) is 18.4 Å².